The van der Waals surface area contributed by atoms with E-state index in [1.165, 1.54) is 23.1 Å². The monoisotopic (exact) mass is 497 g/mol. The zero-order valence-electron chi connectivity index (χ0n) is 16.9. The van der Waals surface area contributed by atoms with Gasteiger partial charge in [-0.3, -0.25) is 10.2 Å². The number of allylic oxidation sites excluding steroid dienone is 1. The topological polar surface area (TPSA) is 58.7 Å². The van der Waals surface area contributed by atoms with Crippen LogP contribution < -0.4 is 0 Å². The molecule has 0 unspecified atom stereocenters. The van der Waals surface area contributed by atoms with Gasteiger partial charge < -0.3 is 4.57 Å². The second-order valence-electron chi connectivity index (χ2n) is 7.48. The quantitative estimate of drug-likeness (QED) is 0.303. The molecular formula is C24H17Cl2N3OS2. The van der Waals surface area contributed by atoms with Crippen LogP contribution in [0.2, 0.25) is 10.0 Å². The van der Waals surface area contributed by atoms with Crippen molar-refractivity contribution in [2.24, 2.45) is 0 Å². The number of aromatic nitrogens is 2. The second kappa shape index (κ2) is 8.52. The van der Waals surface area contributed by atoms with Crippen molar-refractivity contribution in [1.29, 1.82) is 5.41 Å². The number of hydrogen-bond donors (Lipinski definition) is 1. The number of Topliss-reactive ketones (excluding diaryl/α,β-unsaturated/α-hetero) is 1. The molecule has 0 radical (unpaired) electrons. The second-order valence-corrected chi connectivity index (χ2v) is 10.3. The standard InChI is InChI=1S/C24H17Cl2N3OS2/c1-13-17(11-20-22(30)21(23(27)32-20)24-28-8-9-31-24)16-4-2-3-5-19(16)29(13)12-14-6-7-15(25)10-18(14)26/h2-11,21,27H,12H2,1H3/b20-11-,27-23?/t21-/m1/s1. The summed E-state index contributed by atoms with van der Waals surface area (Å²) in [5.41, 5.74) is 4.04. The Labute approximate surface area is 203 Å². The average Bonchev–Trinajstić information content (AvgIpc) is 3.44. The highest BCUT2D eigenvalue weighted by atomic mass is 35.5. The van der Waals surface area contributed by atoms with Crippen molar-refractivity contribution in [3.8, 4) is 0 Å². The minimum absolute atomic E-state index is 0.0630. The molecule has 5 rings (SSSR count). The molecule has 0 amide bonds. The molecule has 0 bridgehead atoms. The number of nitrogens with zero attached hydrogens (tertiary/aromatic N) is 2. The summed E-state index contributed by atoms with van der Waals surface area (Å²) in [5.74, 6) is -0.653. The number of nitrogens with one attached hydrogen (secondary N) is 1. The Balaban J connectivity index is 1.59. The first-order valence-electron chi connectivity index (χ1n) is 9.87. The predicted octanol–water partition coefficient (Wildman–Crippen LogP) is 7.18. The van der Waals surface area contributed by atoms with Crippen LogP contribution in [0.1, 0.15) is 27.7 Å². The zero-order chi connectivity index (χ0) is 22.4. The molecule has 3 heterocycles. The number of carbonyl (C=O) groups excluding carboxylic acids is 1. The van der Waals surface area contributed by atoms with Crippen LogP contribution in [0.15, 0.2) is 58.9 Å². The van der Waals surface area contributed by atoms with E-state index in [4.69, 9.17) is 28.6 Å². The first kappa shape index (κ1) is 21.5. The zero-order valence-corrected chi connectivity index (χ0v) is 20.1. The van der Waals surface area contributed by atoms with E-state index in [0.29, 0.717) is 31.5 Å². The summed E-state index contributed by atoms with van der Waals surface area (Å²) in [6, 6.07) is 13.6. The summed E-state index contributed by atoms with van der Waals surface area (Å²) >= 11 is 15.1. The fraction of sp³-hybridized carbons (Fsp3) is 0.125. The maximum absolute atomic E-state index is 13.1. The van der Waals surface area contributed by atoms with E-state index in [0.717, 1.165) is 27.7 Å². The Morgan fingerprint density at radius 3 is 2.78 bits per heavy atom. The summed E-state index contributed by atoms with van der Waals surface area (Å²) in [7, 11) is 0. The van der Waals surface area contributed by atoms with Gasteiger partial charge in [-0.25, -0.2) is 4.98 Å². The van der Waals surface area contributed by atoms with E-state index >= 15 is 0 Å². The number of para-hydroxylation sites is 1. The van der Waals surface area contributed by atoms with Gasteiger partial charge in [0.25, 0.3) is 0 Å². The molecule has 1 fully saturated rings. The number of thiazole rings is 1. The molecule has 8 heteroatoms. The third-order valence-electron chi connectivity index (χ3n) is 5.58. The molecule has 4 aromatic rings. The lowest BCUT2D eigenvalue weighted by atomic mass is 10.0. The van der Waals surface area contributed by atoms with Gasteiger partial charge in [0, 0.05) is 50.3 Å². The minimum Gasteiger partial charge on any atom is -0.340 e. The van der Waals surface area contributed by atoms with E-state index in [9.17, 15) is 4.79 Å². The lowest BCUT2D eigenvalue weighted by molar-refractivity contribution is -0.114. The van der Waals surface area contributed by atoms with Crippen molar-refractivity contribution in [2.75, 3.05) is 0 Å². The third kappa shape index (κ3) is 3.71. The molecule has 1 atom stereocenters. The van der Waals surface area contributed by atoms with Gasteiger partial charge in [0.15, 0.2) is 5.78 Å². The number of fused-ring (bicyclic) bond motifs is 1. The van der Waals surface area contributed by atoms with E-state index in [2.05, 4.69) is 21.7 Å². The van der Waals surface area contributed by atoms with Crippen molar-refractivity contribution in [1.82, 2.24) is 9.55 Å². The number of ketones is 1. The number of halogens is 2. The lowest BCUT2D eigenvalue weighted by Crippen LogP contribution is -2.11. The molecule has 2 aromatic heterocycles. The van der Waals surface area contributed by atoms with E-state index in [1.807, 2.05) is 42.6 Å². The Morgan fingerprint density at radius 2 is 2.03 bits per heavy atom. The first-order chi connectivity index (χ1) is 15.4. The number of thioether (sulfide) groups is 1. The van der Waals surface area contributed by atoms with Crippen LogP contribution >= 0.6 is 46.3 Å². The summed E-state index contributed by atoms with van der Waals surface area (Å²) in [6.45, 7) is 2.63. The summed E-state index contributed by atoms with van der Waals surface area (Å²) < 4.78 is 2.20. The van der Waals surface area contributed by atoms with Crippen molar-refractivity contribution in [3.63, 3.8) is 0 Å². The van der Waals surface area contributed by atoms with Crippen LogP contribution in [0, 0.1) is 12.3 Å². The predicted molar refractivity (Wildman–Crippen MR) is 135 cm³/mol. The molecule has 1 aliphatic heterocycles. The number of carbonyl (C=O) groups is 1. The fourth-order valence-corrected chi connectivity index (χ4v) is 6.24. The number of benzene rings is 2. The Bertz CT molecular complexity index is 1410. The van der Waals surface area contributed by atoms with Crippen LogP contribution in [-0.2, 0) is 11.3 Å². The van der Waals surface area contributed by atoms with Crippen LogP contribution in [0.4, 0.5) is 0 Å². The molecule has 1 aliphatic rings. The normalized spacial score (nSPS) is 17.7. The van der Waals surface area contributed by atoms with Gasteiger partial charge in [0.05, 0.1) is 9.95 Å². The Kier molecular flexibility index (Phi) is 5.72. The molecule has 32 heavy (non-hydrogen) atoms. The SMILES string of the molecule is Cc1c(/C=C2\SC(=N)[C@H](c3nccs3)C2=O)c2ccccc2n1Cc1ccc(Cl)cc1Cl. The molecule has 0 spiro atoms. The molecule has 160 valence electrons. The number of hydrogen-bond acceptors (Lipinski definition) is 5. The highest BCUT2D eigenvalue weighted by molar-refractivity contribution is 8.19. The van der Waals surface area contributed by atoms with Gasteiger partial charge in [-0.05, 0) is 36.8 Å². The van der Waals surface area contributed by atoms with Gasteiger partial charge >= 0.3 is 0 Å². The fourth-order valence-electron chi connectivity index (χ4n) is 3.99. The Hall–Kier alpha value is -2.38. The van der Waals surface area contributed by atoms with E-state index in [1.54, 1.807) is 12.3 Å². The molecule has 0 saturated carbocycles. The van der Waals surface area contributed by atoms with Gasteiger partial charge in [0.1, 0.15) is 10.9 Å². The number of rotatable bonds is 4. The van der Waals surface area contributed by atoms with Crippen LogP contribution in [-0.4, -0.2) is 20.4 Å². The minimum atomic E-state index is -0.590. The summed E-state index contributed by atoms with van der Waals surface area (Å²) in [6.07, 6.45) is 3.60. The summed E-state index contributed by atoms with van der Waals surface area (Å²) in [5, 5.41) is 13.5. The van der Waals surface area contributed by atoms with Gasteiger partial charge in [-0.2, -0.15) is 0 Å². The van der Waals surface area contributed by atoms with Crippen molar-refractivity contribution < 1.29 is 4.79 Å². The van der Waals surface area contributed by atoms with Crippen molar-refractivity contribution >= 4 is 74.1 Å². The maximum Gasteiger partial charge on any atom is 0.186 e. The van der Waals surface area contributed by atoms with Crippen LogP contribution in [0.5, 0.6) is 0 Å². The smallest absolute Gasteiger partial charge is 0.186 e. The molecule has 1 saturated heterocycles. The van der Waals surface area contributed by atoms with Crippen LogP contribution in [0.3, 0.4) is 0 Å². The molecule has 2 aromatic carbocycles. The largest absolute Gasteiger partial charge is 0.340 e. The van der Waals surface area contributed by atoms with Gasteiger partial charge in [-0.15, -0.1) is 11.3 Å². The maximum atomic E-state index is 13.1. The van der Waals surface area contributed by atoms with Crippen molar-refractivity contribution in [2.45, 2.75) is 19.4 Å². The molecular weight excluding hydrogens is 481 g/mol. The van der Waals surface area contributed by atoms with E-state index in [-0.39, 0.29) is 5.78 Å². The third-order valence-corrected chi connectivity index (χ3v) is 8.01. The molecule has 4 nitrogen and oxygen atoms in total. The first-order valence-corrected chi connectivity index (χ1v) is 12.3. The lowest BCUT2D eigenvalue weighted by Gasteiger charge is -2.10. The molecule has 0 aliphatic carbocycles. The highest BCUT2D eigenvalue weighted by Gasteiger charge is 2.38. The van der Waals surface area contributed by atoms with Crippen molar-refractivity contribution in [3.05, 3.63) is 90.8 Å². The van der Waals surface area contributed by atoms with Gasteiger partial charge in [0.2, 0.25) is 0 Å². The summed E-state index contributed by atoms with van der Waals surface area (Å²) in [4.78, 5) is 18.0. The van der Waals surface area contributed by atoms with Crippen LogP contribution in [0.25, 0.3) is 17.0 Å². The van der Waals surface area contributed by atoms with E-state index < -0.39 is 5.92 Å². The average molecular weight is 498 g/mol. The Morgan fingerprint density at radius 1 is 1.22 bits per heavy atom. The highest BCUT2D eigenvalue weighted by Crippen LogP contribution is 2.42. The van der Waals surface area contributed by atoms with Gasteiger partial charge in [-0.1, -0.05) is 59.2 Å². The molecule has 1 N–H and O–H groups in total.